The number of benzene rings is 3. The van der Waals surface area contributed by atoms with Crippen molar-refractivity contribution in [2.24, 2.45) is 0 Å². The maximum atomic E-state index is 2.41. The summed E-state index contributed by atoms with van der Waals surface area (Å²) < 4.78 is 0. The van der Waals surface area contributed by atoms with Crippen LogP contribution < -0.4 is 0 Å². The monoisotopic (exact) mass is 418 g/mol. The van der Waals surface area contributed by atoms with Gasteiger partial charge in [-0.2, -0.15) is 0 Å². The van der Waals surface area contributed by atoms with Crippen molar-refractivity contribution in [1.82, 2.24) is 0 Å². The van der Waals surface area contributed by atoms with Gasteiger partial charge in [-0.1, -0.05) is 131 Å². The van der Waals surface area contributed by atoms with Gasteiger partial charge in [-0.05, 0) is 63.4 Å². The van der Waals surface area contributed by atoms with Gasteiger partial charge in [0.05, 0.1) is 0 Å². The molecule has 0 atom stereocenters. The Morgan fingerprint density at radius 2 is 0.906 bits per heavy atom. The van der Waals surface area contributed by atoms with Crippen molar-refractivity contribution in [3.63, 3.8) is 0 Å². The summed E-state index contributed by atoms with van der Waals surface area (Å²) >= 11 is 0. The molecule has 0 heteroatoms. The second-order valence-corrected chi connectivity index (χ2v) is 7.53. The number of fused-ring (bicyclic) bond motifs is 2. The quantitative estimate of drug-likeness (QED) is 0.396. The van der Waals surface area contributed by atoms with Crippen molar-refractivity contribution in [1.29, 1.82) is 0 Å². The summed E-state index contributed by atoms with van der Waals surface area (Å²) in [6, 6.07) is 25.8. The maximum absolute atomic E-state index is 2.41. The summed E-state index contributed by atoms with van der Waals surface area (Å²) in [5, 5.41) is 0. The van der Waals surface area contributed by atoms with Crippen LogP contribution in [0, 0.1) is 0 Å². The van der Waals surface area contributed by atoms with Gasteiger partial charge in [0.15, 0.2) is 0 Å². The molecule has 3 aromatic carbocycles. The Bertz CT molecular complexity index is 1030. The molecule has 0 bridgehead atoms. The lowest BCUT2D eigenvalue weighted by molar-refractivity contribution is 1.19. The van der Waals surface area contributed by atoms with E-state index in [4.69, 9.17) is 0 Å². The van der Waals surface area contributed by atoms with Gasteiger partial charge in [0, 0.05) is 0 Å². The van der Waals surface area contributed by atoms with E-state index in [2.05, 4.69) is 109 Å². The molecule has 0 spiro atoms. The van der Waals surface area contributed by atoms with E-state index in [0.29, 0.717) is 0 Å². The van der Waals surface area contributed by atoms with Crippen molar-refractivity contribution in [2.45, 2.75) is 40.5 Å². The van der Waals surface area contributed by atoms with Crippen LogP contribution in [-0.4, -0.2) is 0 Å². The SMILES string of the molecule is C1=C(/C=C/c2ccccc2)Cc2cc3c(cc21)C=C(/C=C/c1ccccc1)C3.CC.CC. The molecule has 0 fully saturated rings. The first-order chi connectivity index (χ1) is 15.8. The van der Waals surface area contributed by atoms with Crippen molar-refractivity contribution < 1.29 is 0 Å². The van der Waals surface area contributed by atoms with Crippen molar-refractivity contribution in [3.8, 4) is 0 Å². The highest BCUT2D eigenvalue weighted by atomic mass is 14.2. The Hall–Kier alpha value is -3.38. The van der Waals surface area contributed by atoms with E-state index < -0.39 is 0 Å². The number of rotatable bonds is 4. The molecule has 0 unspecified atom stereocenters. The van der Waals surface area contributed by atoms with Crippen LogP contribution in [-0.2, 0) is 12.8 Å². The van der Waals surface area contributed by atoms with Crippen molar-refractivity contribution >= 4 is 24.3 Å². The molecule has 0 nitrogen and oxygen atoms in total. The first kappa shape index (κ1) is 23.3. The van der Waals surface area contributed by atoms with Crippen LogP contribution in [0.1, 0.15) is 61.1 Å². The van der Waals surface area contributed by atoms with Crippen LogP contribution in [0.2, 0.25) is 0 Å². The molecule has 32 heavy (non-hydrogen) atoms. The zero-order valence-corrected chi connectivity index (χ0v) is 19.8. The lowest BCUT2D eigenvalue weighted by Gasteiger charge is -2.04. The normalized spacial score (nSPS) is 13.5. The molecule has 0 saturated heterocycles. The molecule has 2 aliphatic carbocycles. The van der Waals surface area contributed by atoms with E-state index in [9.17, 15) is 0 Å². The highest BCUT2D eigenvalue weighted by Crippen LogP contribution is 2.34. The van der Waals surface area contributed by atoms with Crippen LogP contribution >= 0.6 is 0 Å². The highest BCUT2D eigenvalue weighted by Gasteiger charge is 2.17. The van der Waals surface area contributed by atoms with Gasteiger partial charge in [-0.15, -0.1) is 0 Å². The van der Waals surface area contributed by atoms with Gasteiger partial charge < -0.3 is 0 Å². The Labute approximate surface area is 194 Å². The minimum Gasteiger partial charge on any atom is -0.0683 e. The van der Waals surface area contributed by atoms with Crippen LogP contribution in [0.15, 0.2) is 96.1 Å². The summed E-state index contributed by atoms with van der Waals surface area (Å²) in [6.45, 7) is 8.00. The second kappa shape index (κ2) is 11.9. The molecule has 0 radical (unpaired) electrons. The maximum Gasteiger partial charge on any atom is -0.00195 e. The van der Waals surface area contributed by atoms with Gasteiger partial charge in [0.25, 0.3) is 0 Å². The molecule has 0 N–H and O–H groups in total. The highest BCUT2D eigenvalue weighted by molar-refractivity contribution is 5.76. The Balaban J connectivity index is 0.000000686. The molecule has 5 rings (SSSR count). The molecular formula is C32H34. The summed E-state index contributed by atoms with van der Waals surface area (Å²) in [7, 11) is 0. The fourth-order valence-corrected chi connectivity index (χ4v) is 4.00. The second-order valence-electron chi connectivity index (χ2n) is 7.53. The van der Waals surface area contributed by atoms with E-state index in [1.54, 1.807) is 0 Å². The van der Waals surface area contributed by atoms with E-state index in [1.165, 1.54) is 44.5 Å². The third-order valence-corrected chi connectivity index (χ3v) is 5.45. The smallest absolute Gasteiger partial charge is 0.00195 e. The van der Waals surface area contributed by atoms with Crippen molar-refractivity contribution in [2.75, 3.05) is 0 Å². The molecule has 0 aromatic heterocycles. The van der Waals surface area contributed by atoms with Crippen LogP contribution in [0.3, 0.4) is 0 Å². The zero-order chi connectivity index (χ0) is 22.8. The third-order valence-electron chi connectivity index (χ3n) is 5.45. The molecular weight excluding hydrogens is 384 g/mol. The van der Waals surface area contributed by atoms with Crippen molar-refractivity contribution in [3.05, 3.63) is 129 Å². The summed E-state index contributed by atoms with van der Waals surface area (Å²) in [4.78, 5) is 0. The van der Waals surface area contributed by atoms with Crippen LogP contribution in [0.25, 0.3) is 24.3 Å². The minimum absolute atomic E-state index is 1.03. The average molecular weight is 419 g/mol. The van der Waals surface area contributed by atoms with Gasteiger partial charge in [-0.25, -0.2) is 0 Å². The average Bonchev–Trinajstić information content (AvgIpc) is 3.46. The number of allylic oxidation sites excluding steroid dienone is 4. The first-order valence-electron chi connectivity index (χ1n) is 11.9. The Kier molecular flexibility index (Phi) is 8.63. The predicted octanol–water partition coefficient (Wildman–Crippen LogP) is 9.04. The van der Waals surface area contributed by atoms with Gasteiger partial charge >= 0.3 is 0 Å². The largest absolute Gasteiger partial charge is 0.0683 e. The molecule has 3 aromatic rings. The van der Waals surface area contributed by atoms with Gasteiger partial charge in [0.2, 0.25) is 0 Å². The fraction of sp³-hybridized carbons (Fsp3) is 0.188. The molecule has 0 aliphatic heterocycles. The number of hydrogen-bond acceptors (Lipinski definition) is 0. The molecule has 162 valence electrons. The van der Waals surface area contributed by atoms with E-state index in [1.807, 2.05) is 27.7 Å². The predicted molar refractivity (Wildman–Crippen MR) is 143 cm³/mol. The fourth-order valence-electron chi connectivity index (χ4n) is 4.00. The number of hydrogen-bond donors (Lipinski definition) is 0. The van der Waals surface area contributed by atoms with E-state index in [-0.39, 0.29) is 0 Å². The molecule has 0 heterocycles. The van der Waals surface area contributed by atoms with Crippen LogP contribution in [0.4, 0.5) is 0 Å². The Morgan fingerprint density at radius 3 is 1.31 bits per heavy atom. The van der Waals surface area contributed by atoms with E-state index >= 15 is 0 Å². The third kappa shape index (κ3) is 5.86. The summed E-state index contributed by atoms with van der Waals surface area (Å²) in [6.07, 6.45) is 15.6. The summed E-state index contributed by atoms with van der Waals surface area (Å²) in [5.74, 6) is 0. The molecule has 2 aliphatic rings. The summed E-state index contributed by atoms with van der Waals surface area (Å²) in [5.41, 5.74) is 10.9. The topological polar surface area (TPSA) is 0 Å². The zero-order valence-electron chi connectivity index (χ0n) is 19.8. The first-order valence-corrected chi connectivity index (χ1v) is 11.9. The lowest BCUT2D eigenvalue weighted by atomic mass is 10.0. The van der Waals surface area contributed by atoms with Gasteiger partial charge in [0.1, 0.15) is 0 Å². The minimum atomic E-state index is 1.03. The Morgan fingerprint density at radius 1 is 0.500 bits per heavy atom. The molecule has 0 saturated carbocycles. The standard InChI is InChI=1S/C28H22.2C2H6/c1-3-7-21(8-4-1)11-13-23-15-25-19-27-17-24(18-28(27)20-26(25)16-23)14-12-22-9-5-2-6-10-22;2*1-2/h1-15,17,19-20H,16,18H2;2*1-2H3/b13-11+,14-12+;;. The molecule has 0 amide bonds. The van der Waals surface area contributed by atoms with Crippen LogP contribution in [0.5, 0.6) is 0 Å². The van der Waals surface area contributed by atoms with E-state index in [0.717, 1.165) is 12.8 Å². The lowest BCUT2D eigenvalue weighted by Crippen LogP contribution is -1.89. The van der Waals surface area contributed by atoms with Gasteiger partial charge in [-0.3, -0.25) is 0 Å².